The Balaban J connectivity index is 2.82. The lowest BCUT2D eigenvalue weighted by Gasteiger charge is -2.24. The average Bonchev–Trinajstić information content (AvgIpc) is 2.46. The molecule has 0 radical (unpaired) electrons. The maximum atomic E-state index is 9.20. The summed E-state index contributed by atoms with van der Waals surface area (Å²) in [6.07, 6.45) is 1.56. The number of aromatic nitrogens is 1. The molecule has 2 N–H and O–H groups in total. The number of nitriles is 1. The van der Waals surface area contributed by atoms with Crippen molar-refractivity contribution in [3.05, 3.63) is 17.8 Å². The number of rotatable bonds is 9. The summed E-state index contributed by atoms with van der Waals surface area (Å²) in [5.41, 5.74) is 6.62. The van der Waals surface area contributed by atoms with Gasteiger partial charge in [0, 0.05) is 26.3 Å². The van der Waals surface area contributed by atoms with Gasteiger partial charge in [0.05, 0.1) is 30.7 Å². The summed E-state index contributed by atoms with van der Waals surface area (Å²) in [5, 5.41) is 9.20. The number of nitrogens with two attached hydrogens (primary N) is 1. The highest BCUT2D eigenvalue weighted by atomic mass is 16.5. The molecule has 1 aromatic heterocycles. The van der Waals surface area contributed by atoms with Crippen molar-refractivity contribution < 1.29 is 9.47 Å². The molecule has 0 saturated heterocycles. The van der Waals surface area contributed by atoms with Crippen LogP contribution < -0.4 is 10.6 Å². The van der Waals surface area contributed by atoms with Gasteiger partial charge in [-0.05, 0) is 19.9 Å². The van der Waals surface area contributed by atoms with Crippen molar-refractivity contribution in [1.29, 1.82) is 5.26 Å². The molecule has 0 spiro atoms. The third-order valence-electron chi connectivity index (χ3n) is 2.73. The molecule has 0 saturated carbocycles. The van der Waals surface area contributed by atoms with E-state index in [2.05, 4.69) is 11.1 Å². The molecular formula is C14H22N4O2. The second kappa shape index (κ2) is 9.13. The quantitative estimate of drug-likeness (QED) is 0.688. The highest BCUT2D eigenvalue weighted by molar-refractivity contribution is 5.58. The van der Waals surface area contributed by atoms with E-state index in [1.54, 1.807) is 12.3 Å². The monoisotopic (exact) mass is 278 g/mol. The Bertz CT molecular complexity index is 435. The molecule has 110 valence electrons. The number of pyridine rings is 1. The molecule has 0 aliphatic heterocycles. The van der Waals surface area contributed by atoms with Crippen LogP contribution in [0.1, 0.15) is 19.4 Å². The fourth-order valence-electron chi connectivity index (χ4n) is 1.77. The molecular weight excluding hydrogens is 256 g/mol. The first-order chi connectivity index (χ1) is 9.72. The van der Waals surface area contributed by atoms with Gasteiger partial charge in [-0.2, -0.15) is 5.26 Å². The Morgan fingerprint density at radius 2 is 1.85 bits per heavy atom. The van der Waals surface area contributed by atoms with Crippen LogP contribution in [0.3, 0.4) is 0 Å². The predicted octanol–water partition coefficient (Wildman–Crippen LogP) is 1.41. The summed E-state index contributed by atoms with van der Waals surface area (Å²) >= 11 is 0. The number of hydrogen-bond acceptors (Lipinski definition) is 6. The Kier molecular flexibility index (Phi) is 7.40. The van der Waals surface area contributed by atoms with E-state index in [0.717, 1.165) is 0 Å². The minimum atomic E-state index is 0.470. The number of ether oxygens (including phenoxy) is 2. The fraction of sp³-hybridized carbons (Fsp3) is 0.571. The van der Waals surface area contributed by atoms with Gasteiger partial charge in [-0.15, -0.1) is 0 Å². The predicted molar refractivity (Wildman–Crippen MR) is 78.6 cm³/mol. The second-order valence-electron chi connectivity index (χ2n) is 4.13. The maximum Gasteiger partial charge on any atom is 0.146 e. The number of hydrogen-bond donors (Lipinski definition) is 1. The first kappa shape index (κ1) is 16.2. The molecule has 0 amide bonds. The van der Waals surface area contributed by atoms with Crippen molar-refractivity contribution in [2.24, 2.45) is 0 Å². The largest absolute Gasteiger partial charge is 0.397 e. The number of nitrogen functional groups attached to an aromatic ring is 1. The van der Waals surface area contributed by atoms with Crippen molar-refractivity contribution in [2.45, 2.75) is 13.8 Å². The van der Waals surface area contributed by atoms with E-state index >= 15 is 0 Å². The lowest BCUT2D eigenvalue weighted by molar-refractivity contribution is 0.141. The molecule has 1 aromatic rings. The summed E-state index contributed by atoms with van der Waals surface area (Å²) in [6, 6.07) is 3.77. The van der Waals surface area contributed by atoms with Crippen LogP contribution in [0.2, 0.25) is 0 Å². The molecule has 0 aliphatic carbocycles. The average molecular weight is 278 g/mol. The van der Waals surface area contributed by atoms with Crippen LogP contribution in [0.5, 0.6) is 0 Å². The molecule has 1 rings (SSSR count). The molecule has 0 unspecified atom stereocenters. The van der Waals surface area contributed by atoms with Crippen LogP contribution in [0.25, 0.3) is 0 Å². The molecule has 20 heavy (non-hydrogen) atoms. The van der Waals surface area contributed by atoms with Gasteiger partial charge in [0.15, 0.2) is 0 Å². The lowest BCUT2D eigenvalue weighted by atomic mass is 10.2. The standard InChI is InChI=1S/C14H22N4O2/c1-3-19-7-5-18(6-8-20-4-2)14-12(10-15)9-13(16)11-17-14/h9,11H,3-8,16H2,1-2H3. The van der Waals surface area contributed by atoms with Crippen LogP contribution >= 0.6 is 0 Å². The van der Waals surface area contributed by atoms with Crippen molar-refractivity contribution >= 4 is 11.5 Å². The van der Waals surface area contributed by atoms with E-state index in [0.29, 0.717) is 56.6 Å². The maximum absolute atomic E-state index is 9.20. The summed E-state index contributed by atoms with van der Waals surface area (Å²) < 4.78 is 10.7. The minimum absolute atomic E-state index is 0.470. The van der Waals surface area contributed by atoms with Gasteiger partial charge >= 0.3 is 0 Å². The Morgan fingerprint density at radius 3 is 2.35 bits per heavy atom. The van der Waals surface area contributed by atoms with E-state index in [1.165, 1.54) is 0 Å². The van der Waals surface area contributed by atoms with Gasteiger partial charge in [-0.1, -0.05) is 0 Å². The summed E-state index contributed by atoms with van der Waals surface area (Å²) in [4.78, 5) is 6.26. The SMILES string of the molecule is CCOCCN(CCOCC)c1ncc(N)cc1C#N. The van der Waals surface area contributed by atoms with Crippen LogP contribution in [0, 0.1) is 11.3 Å². The van der Waals surface area contributed by atoms with Crippen molar-refractivity contribution in [3.63, 3.8) is 0 Å². The van der Waals surface area contributed by atoms with Gasteiger partial charge in [0.25, 0.3) is 0 Å². The van der Waals surface area contributed by atoms with Crippen molar-refractivity contribution in [3.8, 4) is 6.07 Å². The van der Waals surface area contributed by atoms with E-state index in [9.17, 15) is 5.26 Å². The van der Waals surface area contributed by atoms with Gasteiger partial charge in [-0.3, -0.25) is 0 Å². The summed E-state index contributed by atoms with van der Waals surface area (Å²) in [5.74, 6) is 0.626. The molecule has 1 heterocycles. The Labute approximate surface area is 120 Å². The Morgan fingerprint density at radius 1 is 1.25 bits per heavy atom. The van der Waals surface area contributed by atoms with Gasteiger partial charge in [0.2, 0.25) is 0 Å². The smallest absolute Gasteiger partial charge is 0.146 e. The summed E-state index contributed by atoms with van der Waals surface area (Å²) in [6.45, 7) is 7.72. The zero-order valence-electron chi connectivity index (χ0n) is 12.1. The molecule has 6 nitrogen and oxygen atoms in total. The van der Waals surface area contributed by atoms with E-state index < -0.39 is 0 Å². The van der Waals surface area contributed by atoms with Crippen molar-refractivity contribution in [1.82, 2.24) is 4.98 Å². The van der Waals surface area contributed by atoms with Crippen LogP contribution in [0.15, 0.2) is 12.3 Å². The van der Waals surface area contributed by atoms with Crippen molar-refractivity contribution in [2.75, 3.05) is 50.2 Å². The molecule has 0 atom stereocenters. The highest BCUT2D eigenvalue weighted by Gasteiger charge is 2.13. The number of anilines is 2. The lowest BCUT2D eigenvalue weighted by Crippen LogP contribution is -2.32. The van der Waals surface area contributed by atoms with E-state index in [4.69, 9.17) is 15.2 Å². The van der Waals surface area contributed by atoms with E-state index in [-0.39, 0.29) is 0 Å². The number of nitrogens with zero attached hydrogens (tertiary/aromatic N) is 3. The van der Waals surface area contributed by atoms with Crippen LogP contribution in [0.4, 0.5) is 11.5 Å². The van der Waals surface area contributed by atoms with Gasteiger partial charge < -0.3 is 20.1 Å². The summed E-state index contributed by atoms with van der Waals surface area (Å²) in [7, 11) is 0. The molecule has 0 aliphatic rings. The zero-order chi connectivity index (χ0) is 14.8. The fourth-order valence-corrected chi connectivity index (χ4v) is 1.77. The first-order valence-corrected chi connectivity index (χ1v) is 6.79. The Hall–Kier alpha value is -1.84. The topological polar surface area (TPSA) is 84.4 Å². The van der Waals surface area contributed by atoms with E-state index in [1.807, 2.05) is 18.7 Å². The zero-order valence-corrected chi connectivity index (χ0v) is 12.1. The second-order valence-corrected chi connectivity index (χ2v) is 4.13. The molecule has 0 bridgehead atoms. The molecule has 6 heteroatoms. The minimum Gasteiger partial charge on any atom is -0.397 e. The van der Waals surface area contributed by atoms with Gasteiger partial charge in [0.1, 0.15) is 11.9 Å². The van der Waals surface area contributed by atoms with Gasteiger partial charge in [-0.25, -0.2) is 4.98 Å². The van der Waals surface area contributed by atoms with Crippen LogP contribution in [-0.2, 0) is 9.47 Å². The molecule has 0 aromatic carbocycles. The third kappa shape index (κ3) is 5.03. The highest BCUT2D eigenvalue weighted by Crippen LogP contribution is 2.18. The molecule has 0 fully saturated rings. The normalized spacial score (nSPS) is 10.2. The van der Waals surface area contributed by atoms with Crippen LogP contribution in [-0.4, -0.2) is 44.5 Å². The first-order valence-electron chi connectivity index (χ1n) is 6.79. The third-order valence-corrected chi connectivity index (χ3v) is 2.73.